The molecule has 14 heavy (non-hydrogen) atoms. The number of nitrogens with zero attached hydrogens (tertiary/aromatic N) is 1. The first kappa shape index (κ1) is 11.5. The Kier molecular flexibility index (Phi) is 3.93. The zero-order valence-corrected chi connectivity index (χ0v) is 9.36. The van der Waals surface area contributed by atoms with Gasteiger partial charge in [0.1, 0.15) is 0 Å². The van der Waals surface area contributed by atoms with Gasteiger partial charge >= 0.3 is 5.97 Å². The Morgan fingerprint density at radius 2 is 2.07 bits per heavy atom. The Labute approximate surface area is 86.1 Å². The van der Waals surface area contributed by atoms with Gasteiger partial charge < -0.3 is 5.11 Å². The second-order valence-corrected chi connectivity index (χ2v) is 4.40. The van der Waals surface area contributed by atoms with Crippen LogP contribution in [0, 0.1) is 5.92 Å². The molecule has 0 amide bonds. The molecule has 1 aliphatic carbocycles. The van der Waals surface area contributed by atoms with Gasteiger partial charge in [-0.15, -0.1) is 0 Å². The van der Waals surface area contributed by atoms with Gasteiger partial charge in [0.05, 0.1) is 6.54 Å². The van der Waals surface area contributed by atoms with Gasteiger partial charge in [0.2, 0.25) is 0 Å². The molecular formula is C11H21NO2. The summed E-state index contributed by atoms with van der Waals surface area (Å²) in [7, 11) is 0. The number of rotatable bonds is 6. The maximum Gasteiger partial charge on any atom is 0.317 e. The molecule has 0 aromatic heterocycles. The van der Waals surface area contributed by atoms with Gasteiger partial charge in [-0.3, -0.25) is 9.69 Å². The van der Waals surface area contributed by atoms with E-state index in [1.165, 1.54) is 12.8 Å². The molecule has 0 saturated heterocycles. The van der Waals surface area contributed by atoms with Crippen LogP contribution >= 0.6 is 0 Å². The molecule has 2 unspecified atom stereocenters. The molecule has 1 aliphatic rings. The van der Waals surface area contributed by atoms with Crippen molar-refractivity contribution in [3.8, 4) is 0 Å². The number of hydrogen-bond acceptors (Lipinski definition) is 2. The molecule has 0 spiro atoms. The van der Waals surface area contributed by atoms with Crippen LogP contribution in [0.4, 0.5) is 0 Å². The fourth-order valence-electron chi connectivity index (χ4n) is 1.94. The molecule has 82 valence electrons. The van der Waals surface area contributed by atoms with E-state index in [1.807, 2.05) is 0 Å². The molecule has 0 aromatic carbocycles. The minimum atomic E-state index is -0.710. The molecule has 1 N–H and O–H groups in total. The van der Waals surface area contributed by atoms with E-state index in [2.05, 4.69) is 25.7 Å². The van der Waals surface area contributed by atoms with Crippen molar-refractivity contribution in [2.24, 2.45) is 5.92 Å². The average molecular weight is 199 g/mol. The van der Waals surface area contributed by atoms with Gasteiger partial charge in [0.15, 0.2) is 0 Å². The van der Waals surface area contributed by atoms with Gasteiger partial charge in [0, 0.05) is 12.1 Å². The summed E-state index contributed by atoms with van der Waals surface area (Å²) >= 11 is 0. The topological polar surface area (TPSA) is 40.5 Å². The van der Waals surface area contributed by atoms with Crippen LogP contribution < -0.4 is 0 Å². The van der Waals surface area contributed by atoms with Gasteiger partial charge in [-0.05, 0) is 39.0 Å². The lowest BCUT2D eigenvalue weighted by atomic mass is 10.1. The minimum absolute atomic E-state index is 0.187. The van der Waals surface area contributed by atoms with E-state index in [1.54, 1.807) is 0 Å². The zero-order chi connectivity index (χ0) is 10.7. The number of hydrogen-bond donors (Lipinski definition) is 1. The molecule has 1 fully saturated rings. The molecule has 3 heteroatoms. The quantitative estimate of drug-likeness (QED) is 0.711. The summed E-state index contributed by atoms with van der Waals surface area (Å²) in [5.74, 6) is 0.0288. The van der Waals surface area contributed by atoms with Gasteiger partial charge in [-0.1, -0.05) is 6.92 Å². The lowest BCUT2D eigenvalue weighted by molar-refractivity contribution is -0.139. The van der Waals surface area contributed by atoms with E-state index in [9.17, 15) is 4.79 Å². The lowest BCUT2D eigenvalue weighted by Gasteiger charge is -2.32. The number of carboxylic acids is 1. The third-order valence-electron chi connectivity index (χ3n) is 3.30. The van der Waals surface area contributed by atoms with Crippen molar-refractivity contribution in [2.75, 3.05) is 6.54 Å². The van der Waals surface area contributed by atoms with Crippen LogP contribution in [0.1, 0.15) is 40.0 Å². The summed E-state index contributed by atoms with van der Waals surface area (Å²) < 4.78 is 0. The zero-order valence-electron chi connectivity index (χ0n) is 9.36. The van der Waals surface area contributed by atoms with Gasteiger partial charge in [-0.2, -0.15) is 0 Å². The summed E-state index contributed by atoms with van der Waals surface area (Å²) in [5, 5.41) is 8.84. The van der Waals surface area contributed by atoms with Crippen LogP contribution in [0.15, 0.2) is 0 Å². The molecule has 0 aromatic rings. The Hall–Kier alpha value is -0.570. The second kappa shape index (κ2) is 4.78. The van der Waals surface area contributed by atoms with E-state index >= 15 is 0 Å². The molecule has 1 rings (SSSR count). The van der Waals surface area contributed by atoms with Crippen molar-refractivity contribution >= 4 is 5.97 Å². The normalized spacial score (nSPS) is 20.9. The highest BCUT2D eigenvalue weighted by molar-refractivity contribution is 5.69. The van der Waals surface area contributed by atoms with Crippen molar-refractivity contribution in [1.29, 1.82) is 0 Å². The Morgan fingerprint density at radius 1 is 1.50 bits per heavy atom. The van der Waals surface area contributed by atoms with Crippen molar-refractivity contribution in [3.63, 3.8) is 0 Å². The maximum absolute atomic E-state index is 10.7. The number of carboxylic acid groups (broad SMARTS) is 1. The first-order chi connectivity index (χ1) is 6.56. The SMILES string of the molecule is CCC(C)N(CC(=O)O)C(C)C1CC1. The largest absolute Gasteiger partial charge is 0.480 e. The Bertz CT molecular complexity index is 201. The third-order valence-corrected chi connectivity index (χ3v) is 3.30. The molecule has 0 aliphatic heterocycles. The Morgan fingerprint density at radius 3 is 2.43 bits per heavy atom. The summed E-state index contributed by atoms with van der Waals surface area (Å²) in [4.78, 5) is 12.9. The molecule has 3 nitrogen and oxygen atoms in total. The highest BCUT2D eigenvalue weighted by Gasteiger charge is 2.34. The first-order valence-corrected chi connectivity index (χ1v) is 5.53. The van der Waals surface area contributed by atoms with Crippen LogP contribution in [0.5, 0.6) is 0 Å². The molecular weight excluding hydrogens is 178 g/mol. The second-order valence-electron chi connectivity index (χ2n) is 4.40. The fraction of sp³-hybridized carbons (Fsp3) is 0.909. The predicted molar refractivity (Wildman–Crippen MR) is 56.3 cm³/mol. The maximum atomic E-state index is 10.7. The molecule has 0 heterocycles. The minimum Gasteiger partial charge on any atom is -0.480 e. The van der Waals surface area contributed by atoms with Crippen molar-refractivity contribution in [3.05, 3.63) is 0 Å². The van der Waals surface area contributed by atoms with Crippen LogP contribution in [-0.2, 0) is 4.79 Å². The van der Waals surface area contributed by atoms with Crippen LogP contribution in [0.2, 0.25) is 0 Å². The number of aliphatic carboxylic acids is 1. The third kappa shape index (κ3) is 2.98. The fourth-order valence-corrected chi connectivity index (χ4v) is 1.94. The van der Waals surface area contributed by atoms with E-state index in [-0.39, 0.29) is 6.54 Å². The van der Waals surface area contributed by atoms with Gasteiger partial charge in [0.25, 0.3) is 0 Å². The van der Waals surface area contributed by atoms with Crippen LogP contribution in [-0.4, -0.2) is 34.6 Å². The molecule has 0 bridgehead atoms. The van der Waals surface area contributed by atoms with Gasteiger partial charge in [-0.25, -0.2) is 0 Å². The molecule has 1 saturated carbocycles. The van der Waals surface area contributed by atoms with Crippen LogP contribution in [0.3, 0.4) is 0 Å². The van der Waals surface area contributed by atoms with Crippen molar-refractivity contribution < 1.29 is 9.90 Å². The van der Waals surface area contributed by atoms with Crippen LogP contribution in [0.25, 0.3) is 0 Å². The highest BCUT2D eigenvalue weighted by Crippen LogP contribution is 2.35. The highest BCUT2D eigenvalue weighted by atomic mass is 16.4. The standard InChI is InChI=1S/C11H21NO2/c1-4-8(2)12(7-11(13)14)9(3)10-5-6-10/h8-10H,4-7H2,1-3H3,(H,13,14). The Balaban J connectivity index is 2.54. The molecule has 0 radical (unpaired) electrons. The molecule has 2 atom stereocenters. The summed E-state index contributed by atoms with van der Waals surface area (Å²) in [6.45, 7) is 6.57. The van der Waals surface area contributed by atoms with Crippen molar-refractivity contribution in [2.45, 2.75) is 52.1 Å². The monoisotopic (exact) mass is 199 g/mol. The predicted octanol–water partition coefficient (Wildman–Crippen LogP) is 1.97. The van der Waals surface area contributed by atoms with E-state index < -0.39 is 5.97 Å². The average Bonchev–Trinajstić information content (AvgIpc) is 2.94. The first-order valence-electron chi connectivity index (χ1n) is 5.53. The smallest absolute Gasteiger partial charge is 0.317 e. The van der Waals surface area contributed by atoms with E-state index in [0.717, 1.165) is 12.3 Å². The number of carbonyl (C=O) groups is 1. The summed E-state index contributed by atoms with van der Waals surface area (Å²) in [5.41, 5.74) is 0. The summed E-state index contributed by atoms with van der Waals surface area (Å²) in [6, 6.07) is 0.808. The van der Waals surface area contributed by atoms with E-state index in [4.69, 9.17) is 5.11 Å². The lowest BCUT2D eigenvalue weighted by Crippen LogP contribution is -2.44. The van der Waals surface area contributed by atoms with E-state index in [0.29, 0.717) is 12.1 Å². The summed E-state index contributed by atoms with van der Waals surface area (Å²) in [6.07, 6.45) is 3.56. The van der Waals surface area contributed by atoms with Crippen molar-refractivity contribution in [1.82, 2.24) is 4.90 Å².